The second-order valence-corrected chi connectivity index (χ2v) is 6.84. The van der Waals surface area contributed by atoms with Gasteiger partial charge in [0.05, 0.1) is 0 Å². The molecule has 4 aromatic rings. The lowest BCUT2D eigenvalue weighted by molar-refractivity contribution is 0.303. The normalized spacial score (nSPS) is 11.0. The van der Waals surface area contributed by atoms with Gasteiger partial charge in [-0.3, -0.25) is 4.79 Å². The number of fused-ring (bicyclic) bond motifs is 1. The molecule has 0 bridgehead atoms. The topological polar surface area (TPSA) is 120 Å². The summed E-state index contributed by atoms with van der Waals surface area (Å²) in [7, 11) is 0. The summed E-state index contributed by atoms with van der Waals surface area (Å²) in [6.45, 7) is 2.20. The van der Waals surface area contributed by atoms with Gasteiger partial charge in [-0.2, -0.15) is 0 Å². The van der Waals surface area contributed by atoms with E-state index in [1.807, 2.05) is 31.2 Å². The highest BCUT2D eigenvalue weighted by Gasteiger charge is 2.20. The maximum Gasteiger partial charge on any atom is 0.238 e. The molecule has 3 aromatic carbocycles. The third kappa shape index (κ3) is 3.37. The molecule has 1 aromatic heterocycles. The van der Waals surface area contributed by atoms with E-state index in [-0.39, 0.29) is 40.4 Å². The summed E-state index contributed by atoms with van der Waals surface area (Å²) >= 11 is 0. The second-order valence-electron chi connectivity index (χ2n) is 6.84. The molecule has 0 amide bonds. The number of hydrogen-bond acceptors (Lipinski definition) is 7. The number of benzene rings is 3. The van der Waals surface area contributed by atoms with E-state index in [1.54, 1.807) is 0 Å². The van der Waals surface area contributed by atoms with Crippen LogP contribution in [-0.4, -0.2) is 20.4 Å². The number of ether oxygens (including phenoxy) is 1. The van der Waals surface area contributed by atoms with E-state index in [1.165, 1.54) is 24.3 Å². The average Bonchev–Trinajstić information content (AvgIpc) is 2.72. The fourth-order valence-electron chi connectivity index (χ4n) is 3.14. The second kappa shape index (κ2) is 7.36. The standard InChI is InChI=1S/C23H18O7/c1-12-4-2-3-5-14(12)11-29-15-9-18(26)20-19(10-15)30-23(22(28)21(20)27)13-6-7-16(24)17(25)8-13/h2-10,24-26,28H,11H2,1H3. The van der Waals surface area contributed by atoms with Gasteiger partial charge in [-0.05, 0) is 36.2 Å². The number of phenolic OH excluding ortho intramolecular Hbond substituents is 3. The average molecular weight is 406 g/mol. The van der Waals surface area contributed by atoms with Crippen LogP contribution in [0.4, 0.5) is 0 Å². The van der Waals surface area contributed by atoms with Crippen molar-refractivity contribution in [3.8, 4) is 40.1 Å². The van der Waals surface area contributed by atoms with Crippen molar-refractivity contribution in [3.63, 3.8) is 0 Å². The van der Waals surface area contributed by atoms with E-state index < -0.39 is 22.7 Å². The predicted molar refractivity (Wildman–Crippen MR) is 110 cm³/mol. The monoisotopic (exact) mass is 406 g/mol. The summed E-state index contributed by atoms with van der Waals surface area (Å²) in [5.41, 5.74) is 1.35. The maximum atomic E-state index is 12.6. The van der Waals surface area contributed by atoms with Crippen molar-refractivity contribution in [3.05, 3.63) is 75.9 Å². The first kappa shape index (κ1) is 19.2. The highest BCUT2D eigenvalue weighted by Crippen LogP contribution is 2.38. The first-order valence-corrected chi connectivity index (χ1v) is 9.07. The molecule has 0 spiro atoms. The van der Waals surface area contributed by atoms with E-state index in [4.69, 9.17) is 9.15 Å². The first-order chi connectivity index (χ1) is 14.3. The van der Waals surface area contributed by atoms with Crippen LogP contribution in [0.3, 0.4) is 0 Å². The quantitative estimate of drug-likeness (QED) is 0.375. The highest BCUT2D eigenvalue weighted by atomic mass is 16.5. The molecule has 0 fully saturated rings. The van der Waals surface area contributed by atoms with Crippen LogP contribution in [0.2, 0.25) is 0 Å². The molecule has 30 heavy (non-hydrogen) atoms. The number of rotatable bonds is 4. The predicted octanol–water partition coefficient (Wildman–Crippen LogP) is 4.17. The zero-order chi connectivity index (χ0) is 21.4. The largest absolute Gasteiger partial charge is 0.507 e. The van der Waals surface area contributed by atoms with Gasteiger partial charge in [0.25, 0.3) is 0 Å². The zero-order valence-corrected chi connectivity index (χ0v) is 15.9. The Balaban J connectivity index is 1.79. The Morgan fingerprint density at radius 1 is 0.900 bits per heavy atom. The Morgan fingerprint density at radius 3 is 2.40 bits per heavy atom. The van der Waals surface area contributed by atoms with Crippen LogP contribution in [0.15, 0.2) is 63.8 Å². The molecule has 0 aliphatic carbocycles. The Morgan fingerprint density at radius 2 is 1.67 bits per heavy atom. The fourth-order valence-corrected chi connectivity index (χ4v) is 3.14. The van der Waals surface area contributed by atoms with Crippen LogP contribution in [0.1, 0.15) is 11.1 Å². The molecule has 0 saturated heterocycles. The van der Waals surface area contributed by atoms with E-state index in [9.17, 15) is 25.2 Å². The van der Waals surface area contributed by atoms with Crippen LogP contribution >= 0.6 is 0 Å². The van der Waals surface area contributed by atoms with E-state index in [0.29, 0.717) is 0 Å². The van der Waals surface area contributed by atoms with Crippen molar-refractivity contribution in [1.82, 2.24) is 0 Å². The van der Waals surface area contributed by atoms with Gasteiger partial charge in [0.15, 0.2) is 17.3 Å². The van der Waals surface area contributed by atoms with Crippen LogP contribution in [0, 0.1) is 6.92 Å². The minimum absolute atomic E-state index is 0.000137. The van der Waals surface area contributed by atoms with Crippen LogP contribution in [-0.2, 0) is 6.61 Å². The number of aryl methyl sites for hydroxylation is 1. The Bertz CT molecular complexity index is 1320. The molecule has 0 radical (unpaired) electrons. The molecule has 152 valence electrons. The first-order valence-electron chi connectivity index (χ1n) is 9.07. The smallest absolute Gasteiger partial charge is 0.238 e. The lowest BCUT2D eigenvalue weighted by Gasteiger charge is -2.11. The van der Waals surface area contributed by atoms with Gasteiger partial charge in [0.1, 0.15) is 29.1 Å². The summed E-state index contributed by atoms with van der Waals surface area (Å²) in [6, 6.07) is 14.1. The molecular weight excluding hydrogens is 388 g/mol. The highest BCUT2D eigenvalue weighted by molar-refractivity contribution is 5.88. The Labute approximate surface area is 170 Å². The third-order valence-corrected chi connectivity index (χ3v) is 4.82. The van der Waals surface area contributed by atoms with Crippen molar-refractivity contribution >= 4 is 11.0 Å². The van der Waals surface area contributed by atoms with Crippen molar-refractivity contribution in [2.75, 3.05) is 0 Å². The van der Waals surface area contributed by atoms with Gasteiger partial charge in [-0.25, -0.2) is 0 Å². The van der Waals surface area contributed by atoms with Gasteiger partial charge in [0.2, 0.25) is 11.2 Å². The number of hydrogen-bond donors (Lipinski definition) is 4. The van der Waals surface area contributed by atoms with E-state index >= 15 is 0 Å². The number of aromatic hydroxyl groups is 4. The van der Waals surface area contributed by atoms with Crippen LogP contribution in [0.25, 0.3) is 22.3 Å². The molecule has 0 unspecified atom stereocenters. The molecule has 0 aliphatic rings. The molecule has 4 N–H and O–H groups in total. The molecular formula is C23H18O7. The summed E-state index contributed by atoms with van der Waals surface area (Å²) < 4.78 is 11.4. The van der Waals surface area contributed by atoms with Gasteiger partial charge in [0, 0.05) is 17.7 Å². The maximum absolute atomic E-state index is 12.6. The Kier molecular flexibility index (Phi) is 4.71. The van der Waals surface area contributed by atoms with Crippen LogP contribution < -0.4 is 10.2 Å². The van der Waals surface area contributed by atoms with Gasteiger partial charge in [-0.1, -0.05) is 24.3 Å². The molecule has 0 aliphatic heterocycles. The van der Waals surface area contributed by atoms with Gasteiger partial charge in [-0.15, -0.1) is 0 Å². The molecule has 0 saturated carbocycles. The fraction of sp³-hybridized carbons (Fsp3) is 0.0870. The Hall–Kier alpha value is -4.13. The van der Waals surface area contributed by atoms with Crippen molar-refractivity contribution < 1.29 is 29.6 Å². The number of phenols is 3. The van der Waals surface area contributed by atoms with E-state index in [2.05, 4.69) is 0 Å². The van der Waals surface area contributed by atoms with Crippen LogP contribution in [0.5, 0.6) is 28.7 Å². The summed E-state index contributed by atoms with van der Waals surface area (Å²) in [5, 5.41) is 39.6. The molecule has 4 rings (SSSR count). The summed E-state index contributed by atoms with van der Waals surface area (Å²) in [6.07, 6.45) is 0. The van der Waals surface area contributed by atoms with Gasteiger partial charge < -0.3 is 29.6 Å². The lowest BCUT2D eigenvalue weighted by atomic mass is 10.1. The van der Waals surface area contributed by atoms with Crippen molar-refractivity contribution in [2.45, 2.75) is 13.5 Å². The zero-order valence-electron chi connectivity index (χ0n) is 15.9. The minimum atomic E-state index is -0.832. The summed E-state index contributed by atoms with van der Waals surface area (Å²) in [5.74, 6) is -1.85. The minimum Gasteiger partial charge on any atom is -0.507 e. The molecule has 1 heterocycles. The third-order valence-electron chi connectivity index (χ3n) is 4.82. The van der Waals surface area contributed by atoms with Crippen molar-refractivity contribution in [2.24, 2.45) is 0 Å². The molecule has 0 atom stereocenters. The molecule has 7 nitrogen and oxygen atoms in total. The SMILES string of the molecule is Cc1ccccc1COc1cc(O)c2c(=O)c(O)c(-c3ccc(O)c(O)c3)oc2c1. The van der Waals surface area contributed by atoms with Gasteiger partial charge >= 0.3 is 0 Å². The molecule has 7 heteroatoms. The van der Waals surface area contributed by atoms with Crippen molar-refractivity contribution in [1.29, 1.82) is 0 Å². The summed E-state index contributed by atoms with van der Waals surface area (Å²) in [4.78, 5) is 12.6. The lowest BCUT2D eigenvalue weighted by Crippen LogP contribution is -2.04. The van der Waals surface area contributed by atoms with E-state index in [0.717, 1.165) is 17.2 Å².